The molecule has 1 aromatic heterocycles. The Hall–Kier alpha value is -2.77. The molecule has 132 valence electrons. The van der Waals surface area contributed by atoms with E-state index in [4.69, 9.17) is 4.74 Å². The van der Waals surface area contributed by atoms with E-state index in [9.17, 15) is 9.59 Å². The number of nitrogens with zero attached hydrogens (tertiary/aromatic N) is 4. The topological polar surface area (TPSA) is 99.0 Å². The highest BCUT2D eigenvalue weighted by atomic mass is 16.5. The Kier molecular flexibility index (Phi) is 5.37. The average Bonchev–Trinajstić information content (AvgIpc) is 3.16. The van der Waals surface area contributed by atoms with Gasteiger partial charge in [-0.15, -0.1) is 5.10 Å². The molecule has 1 aliphatic rings. The van der Waals surface area contributed by atoms with Crippen LogP contribution in [0.3, 0.4) is 0 Å². The van der Waals surface area contributed by atoms with E-state index in [0.29, 0.717) is 11.5 Å². The smallest absolute Gasteiger partial charge is 0.338 e. The van der Waals surface area contributed by atoms with E-state index in [1.165, 1.54) is 17.4 Å². The number of amides is 1. The number of ether oxygens (including phenoxy) is 1. The Labute approximate surface area is 145 Å². The van der Waals surface area contributed by atoms with Gasteiger partial charge in [0.15, 0.2) is 6.61 Å². The van der Waals surface area contributed by atoms with Crippen LogP contribution >= 0.6 is 0 Å². The lowest BCUT2D eigenvalue weighted by molar-refractivity contribution is -0.125. The summed E-state index contributed by atoms with van der Waals surface area (Å²) in [6, 6.07) is 6.81. The van der Waals surface area contributed by atoms with Crippen molar-refractivity contribution in [3.05, 3.63) is 36.2 Å². The summed E-state index contributed by atoms with van der Waals surface area (Å²) in [6.45, 7) is 1.87. The number of esters is 1. The molecule has 25 heavy (non-hydrogen) atoms. The van der Waals surface area contributed by atoms with Crippen LogP contribution in [-0.2, 0) is 9.53 Å². The Morgan fingerprint density at radius 3 is 2.68 bits per heavy atom. The van der Waals surface area contributed by atoms with E-state index >= 15 is 0 Å². The molecule has 8 heteroatoms. The van der Waals surface area contributed by atoms with Crippen LogP contribution < -0.4 is 5.32 Å². The zero-order chi connectivity index (χ0) is 17.6. The maximum absolute atomic E-state index is 12.1. The van der Waals surface area contributed by atoms with Gasteiger partial charge < -0.3 is 10.1 Å². The molecule has 0 saturated heterocycles. The Morgan fingerprint density at radius 1 is 1.24 bits per heavy atom. The highest BCUT2D eigenvalue weighted by molar-refractivity contribution is 5.91. The third-order valence-corrected chi connectivity index (χ3v) is 4.51. The molecule has 1 aliphatic carbocycles. The van der Waals surface area contributed by atoms with Crippen molar-refractivity contribution >= 4 is 11.9 Å². The van der Waals surface area contributed by atoms with E-state index in [1.807, 2.05) is 0 Å². The molecule has 0 spiro atoms. The summed E-state index contributed by atoms with van der Waals surface area (Å²) in [6.07, 6.45) is 5.91. The third kappa shape index (κ3) is 4.40. The van der Waals surface area contributed by atoms with Crippen LogP contribution in [0.25, 0.3) is 5.69 Å². The third-order valence-electron chi connectivity index (χ3n) is 4.51. The minimum absolute atomic E-state index is 0.176. The van der Waals surface area contributed by atoms with Crippen molar-refractivity contribution in [1.29, 1.82) is 0 Å². The van der Waals surface area contributed by atoms with E-state index in [2.05, 4.69) is 27.8 Å². The summed E-state index contributed by atoms with van der Waals surface area (Å²) in [5, 5.41) is 13.8. The van der Waals surface area contributed by atoms with Gasteiger partial charge in [0.1, 0.15) is 6.33 Å². The molecule has 0 bridgehead atoms. The summed E-state index contributed by atoms with van der Waals surface area (Å²) < 4.78 is 6.58. The number of nitrogens with one attached hydrogen (secondary N) is 1. The normalized spacial score (nSPS) is 20.0. The summed E-state index contributed by atoms with van der Waals surface area (Å²) in [5.41, 5.74) is 1.10. The van der Waals surface area contributed by atoms with Gasteiger partial charge in [0.05, 0.1) is 11.3 Å². The molecule has 8 nitrogen and oxygen atoms in total. The van der Waals surface area contributed by atoms with Crippen molar-refractivity contribution in [1.82, 2.24) is 25.5 Å². The first-order chi connectivity index (χ1) is 12.1. The van der Waals surface area contributed by atoms with Gasteiger partial charge in [-0.3, -0.25) is 4.79 Å². The molecule has 1 fully saturated rings. The number of aromatic nitrogens is 4. The predicted molar refractivity (Wildman–Crippen MR) is 89.0 cm³/mol. The maximum atomic E-state index is 12.1. The molecule has 1 N–H and O–H groups in total. The number of carbonyl (C=O) groups excluding carboxylic acids is 2. The molecule has 0 unspecified atom stereocenters. The quantitative estimate of drug-likeness (QED) is 0.826. The zero-order valence-corrected chi connectivity index (χ0v) is 14.1. The van der Waals surface area contributed by atoms with Crippen molar-refractivity contribution < 1.29 is 14.3 Å². The molecule has 1 amide bonds. The van der Waals surface area contributed by atoms with Gasteiger partial charge in [0.2, 0.25) is 0 Å². The number of tetrazole rings is 1. The molecule has 1 saturated carbocycles. The van der Waals surface area contributed by atoms with Crippen molar-refractivity contribution in [2.24, 2.45) is 5.92 Å². The van der Waals surface area contributed by atoms with Crippen LogP contribution in [0.15, 0.2) is 30.6 Å². The fourth-order valence-corrected chi connectivity index (χ4v) is 3.02. The predicted octanol–water partition coefficient (Wildman–Crippen LogP) is 1.51. The highest BCUT2D eigenvalue weighted by Crippen LogP contribution is 2.23. The largest absolute Gasteiger partial charge is 0.452 e. The van der Waals surface area contributed by atoms with Gasteiger partial charge in [0, 0.05) is 6.04 Å². The second-order valence-corrected chi connectivity index (χ2v) is 6.31. The Balaban J connectivity index is 1.49. The summed E-state index contributed by atoms with van der Waals surface area (Å²) >= 11 is 0. The monoisotopic (exact) mass is 343 g/mol. The van der Waals surface area contributed by atoms with E-state index in [-0.39, 0.29) is 18.6 Å². The van der Waals surface area contributed by atoms with Gasteiger partial charge in [-0.25, -0.2) is 9.48 Å². The first-order valence-corrected chi connectivity index (χ1v) is 8.43. The van der Waals surface area contributed by atoms with E-state index in [0.717, 1.165) is 24.9 Å². The van der Waals surface area contributed by atoms with Crippen LogP contribution in [0.2, 0.25) is 0 Å². The second kappa shape index (κ2) is 7.87. The molecule has 0 aliphatic heterocycles. The van der Waals surface area contributed by atoms with Gasteiger partial charge in [-0.1, -0.05) is 19.8 Å². The minimum Gasteiger partial charge on any atom is -0.452 e. The summed E-state index contributed by atoms with van der Waals surface area (Å²) in [4.78, 5) is 24.0. The van der Waals surface area contributed by atoms with Gasteiger partial charge >= 0.3 is 5.97 Å². The van der Waals surface area contributed by atoms with Crippen LogP contribution in [0.5, 0.6) is 0 Å². The van der Waals surface area contributed by atoms with Gasteiger partial charge in [-0.2, -0.15) is 0 Å². The minimum atomic E-state index is -0.532. The number of hydrogen-bond acceptors (Lipinski definition) is 6. The Bertz CT molecular complexity index is 714. The summed E-state index contributed by atoms with van der Waals surface area (Å²) in [7, 11) is 0. The van der Waals surface area contributed by atoms with Crippen molar-refractivity contribution in [2.75, 3.05) is 6.61 Å². The lowest BCUT2D eigenvalue weighted by Crippen LogP contribution is -2.42. The standard InChI is InChI=1S/C17H21N5O3/c1-12-4-2-3-5-15(12)19-16(23)10-25-17(24)13-6-8-14(9-7-13)22-11-18-20-21-22/h6-9,11-12,15H,2-5,10H2,1H3,(H,19,23)/t12-,15+/m0/s1. The van der Waals surface area contributed by atoms with Crippen LogP contribution in [0.4, 0.5) is 0 Å². The van der Waals surface area contributed by atoms with Crippen LogP contribution in [-0.4, -0.2) is 44.7 Å². The van der Waals surface area contributed by atoms with Crippen LogP contribution in [0.1, 0.15) is 43.0 Å². The van der Waals surface area contributed by atoms with E-state index < -0.39 is 5.97 Å². The average molecular weight is 343 g/mol. The second-order valence-electron chi connectivity index (χ2n) is 6.31. The fraction of sp³-hybridized carbons (Fsp3) is 0.471. The van der Waals surface area contributed by atoms with E-state index in [1.54, 1.807) is 24.3 Å². The van der Waals surface area contributed by atoms with Crippen molar-refractivity contribution in [3.8, 4) is 5.69 Å². The van der Waals surface area contributed by atoms with Gasteiger partial charge in [-0.05, 0) is 53.5 Å². The summed E-state index contributed by atoms with van der Waals surface area (Å²) in [5.74, 6) is -0.320. The fourth-order valence-electron chi connectivity index (χ4n) is 3.02. The lowest BCUT2D eigenvalue weighted by Gasteiger charge is -2.29. The van der Waals surface area contributed by atoms with Crippen LogP contribution in [0, 0.1) is 5.92 Å². The van der Waals surface area contributed by atoms with Crippen molar-refractivity contribution in [2.45, 2.75) is 38.6 Å². The molecule has 1 aromatic carbocycles. The first kappa shape index (κ1) is 17.1. The SMILES string of the molecule is C[C@H]1CCCC[C@H]1NC(=O)COC(=O)c1ccc(-n2cnnn2)cc1. The van der Waals surface area contributed by atoms with Gasteiger partial charge in [0.25, 0.3) is 5.91 Å². The number of benzene rings is 1. The molecule has 2 atom stereocenters. The lowest BCUT2D eigenvalue weighted by atomic mass is 9.86. The number of rotatable bonds is 5. The number of hydrogen-bond donors (Lipinski definition) is 1. The molecule has 1 heterocycles. The number of carbonyl (C=O) groups is 2. The van der Waals surface area contributed by atoms with Crippen molar-refractivity contribution in [3.63, 3.8) is 0 Å². The first-order valence-electron chi connectivity index (χ1n) is 8.43. The zero-order valence-electron chi connectivity index (χ0n) is 14.1. The highest BCUT2D eigenvalue weighted by Gasteiger charge is 2.23. The molecular weight excluding hydrogens is 322 g/mol. The molecular formula is C17H21N5O3. The Morgan fingerprint density at radius 2 is 2.00 bits per heavy atom. The molecule has 2 aromatic rings. The maximum Gasteiger partial charge on any atom is 0.338 e. The molecule has 3 rings (SSSR count). The molecule has 0 radical (unpaired) electrons.